The molecule has 1 fully saturated rings. The van der Waals surface area contributed by atoms with E-state index in [4.69, 9.17) is 0 Å². The first kappa shape index (κ1) is 12.0. The lowest BCUT2D eigenvalue weighted by Crippen LogP contribution is -2.43. The molecular formula is C10H21NO2S. The van der Waals surface area contributed by atoms with Gasteiger partial charge in [0.1, 0.15) is 0 Å². The predicted molar refractivity (Wildman–Crippen MR) is 59.1 cm³/mol. The SMILES string of the molecule is CC1(CNC(C)(C)C)CCS(=O)(=O)C1. The smallest absolute Gasteiger partial charge is 0.150 e. The zero-order valence-corrected chi connectivity index (χ0v) is 10.4. The Bertz CT molecular complexity index is 303. The summed E-state index contributed by atoms with van der Waals surface area (Å²) in [7, 11) is -2.76. The highest BCUT2D eigenvalue weighted by Gasteiger charge is 2.38. The van der Waals surface area contributed by atoms with Crippen molar-refractivity contribution in [3.8, 4) is 0 Å². The van der Waals surface area contributed by atoms with Crippen LogP contribution in [0.3, 0.4) is 0 Å². The molecule has 0 aromatic heterocycles. The molecule has 1 N–H and O–H groups in total. The van der Waals surface area contributed by atoms with E-state index in [-0.39, 0.29) is 11.0 Å². The molecule has 1 atom stereocenters. The lowest BCUT2D eigenvalue weighted by Gasteiger charge is -2.29. The van der Waals surface area contributed by atoms with Crippen LogP contribution < -0.4 is 5.32 Å². The third kappa shape index (κ3) is 3.58. The Balaban J connectivity index is 2.54. The molecule has 1 heterocycles. The second-order valence-electron chi connectivity index (χ2n) is 5.76. The van der Waals surface area contributed by atoms with Crippen LogP contribution in [0.1, 0.15) is 34.1 Å². The van der Waals surface area contributed by atoms with Crippen LogP contribution in [0.2, 0.25) is 0 Å². The minimum absolute atomic E-state index is 0.0634. The van der Waals surface area contributed by atoms with E-state index in [1.807, 2.05) is 0 Å². The minimum atomic E-state index is -2.76. The second-order valence-corrected chi connectivity index (χ2v) is 7.94. The van der Waals surface area contributed by atoms with Gasteiger partial charge in [-0.25, -0.2) is 8.42 Å². The molecule has 0 amide bonds. The average Bonchev–Trinajstić information content (AvgIpc) is 2.22. The molecule has 0 aromatic rings. The summed E-state index contributed by atoms with van der Waals surface area (Å²) in [5, 5.41) is 3.38. The fraction of sp³-hybridized carbons (Fsp3) is 1.00. The molecule has 0 aliphatic carbocycles. The van der Waals surface area contributed by atoms with E-state index in [9.17, 15) is 8.42 Å². The van der Waals surface area contributed by atoms with Crippen molar-refractivity contribution >= 4 is 9.84 Å². The lowest BCUT2D eigenvalue weighted by atomic mass is 9.89. The van der Waals surface area contributed by atoms with Gasteiger partial charge in [-0.05, 0) is 32.6 Å². The highest BCUT2D eigenvalue weighted by molar-refractivity contribution is 7.91. The van der Waals surface area contributed by atoms with Gasteiger partial charge in [0, 0.05) is 12.1 Å². The van der Waals surface area contributed by atoms with Crippen molar-refractivity contribution < 1.29 is 8.42 Å². The minimum Gasteiger partial charge on any atom is -0.311 e. The van der Waals surface area contributed by atoms with Crippen LogP contribution in [0.5, 0.6) is 0 Å². The van der Waals surface area contributed by atoms with E-state index in [1.54, 1.807) is 0 Å². The van der Waals surface area contributed by atoms with Crippen LogP contribution in [0.25, 0.3) is 0 Å². The highest BCUT2D eigenvalue weighted by Crippen LogP contribution is 2.31. The van der Waals surface area contributed by atoms with E-state index < -0.39 is 9.84 Å². The van der Waals surface area contributed by atoms with E-state index in [0.717, 1.165) is 13.0 Å². The second kappa shape index (κ2) is 3.49. The molecule has 1 aliphatic rings. The van der Waals surface area contributed by atoms with Gasteiger partial charge in [0.2, 0.25) is 0 Å². The van der Waals surface area contributed by atoms with Crippen molar-refractivity contribution in [3.05, 3.63) is 0 Å². The number of rotatable bonds is 2. The topological polar surface area (TPSA) is 46.2 Å². The van der Waals surface area contributed by atoms with Gasteiger partial charge in [0.25, 0.3) is 0 Å². The number of hydrogen-bond acceptors (Lipinski definition) is 3. The molecule has 0 bridgehead atoms. The molecule has 0 aromatic carbocycles. The molecule has 3 nitrogen and oxygen atoms in total. The number of hydrogen-bond donors (Lipinski definition) is 1. The van der Waals surface area contributed by atoms with Gasteiger partial charge >= 0.3 is 0 Å². The summed E-state index contributed by atoms with van der Waals surface area (Å²) >= 11 is 0. The maximum absolute atomic E-state index is 11.3. The van der Waals surface area contributed by atoms with E-state index in [0.29, 0.717) is 11.5 Å². The van der Waals surface area contributed by atoms with Gasteiger partial charge in [0.05, 0.1) is 11.5 Å². The Morgan fingerprint density at radius 3 is 2.29 bits per heavy atom. The Morgan fingerprint density at radius 2 is 1.93 bits per heavy atom. The molecule has 1 rings (SSSR count). The molecule has 0 spiro atoms. The molecule has 14 heavy (non-hydrogen) atoms. The van der Waals surface area contributed by atoms with Gasteiger partial charge in [-0.2, -0.15) is 0 Å². The average molecular weight is 219 g/mol. The fourth-order valence-corrected chi connectivity index (χ4v) is 3.95. The maximum atomic E-state index is 11.3. The van der Waals surface area contributed by atoms with E-state index >= 15 is 0 Å². The van der Waals surface area contributed by atoms with Crippen LogP contribution in [0, 0.1) is 5.41 Å². The summed E-state index contributed by atoms with van der Waals surface area (Å²) in [6.07, 6.45) is 0.790. The van der Waals surface area contributed by atoms with Crippen molar-refractivity contribution in [1.82, 2.24) is 5.32 Å². The van der Waals surface area contributed by atoms with Crippen molar-refractivity contribution in [1.29, 1.82) is 0 Å². The number of nitrogens with one attached hydrogen (secondary N) is 1. The standard InChI is InChI=1S/C10H21NO2S/c1-9(2,3)11-7-10(4)5-6-14(12,13)8-10/h11H,5-8H2,1-4H3. The Morgan fingerprint density at radius 1 is 1.36 bits per heavy atom. The van der Waals surface area contributed by atoms with Crippen LogP contribution in [0.4, 0.5) is 0 Å². The predicted octanol–water partition coefficient (Wildman–Crippen LogP) is 1.20. The molecule has 1 aliphatic heterocycles. The Hall–Kier alpha value is -0.0900. The van der Waals surface area contributed by atoms with Gasteiger partial charge in [0.15, 0.2) is 9.84 Å². The van der Waals surface area contributed by atoms with Crippen LogP contribution in [0.15, 0.2) is 0 Å². The van der Waals surface area contributed by atoms with Gasteiger partial charge in [-0.3, -0.25) is 0 Å². The fourth-order valence-electron chi connectivity index (χ4n) is 1.70. The molecule has 1 saturated heterocycles. The molecule has 1 unspecified atom stereocenters. The quantitative estimate of drug-likeness (QED) is 0.759. The van der Waals surface area contributed by atoms with Crippen molar-refractivity contribution in [2.24, 2.45) is 5.41 Å². The first-order valence-corrected chi connectivity index (χ1v) is 6.90. The third-order valence-corrected chi connectivity index (χ3v) is 4.59. The summed E-state index contributed by atoms with van der Waals surface area (Å²) in [5.74, 6) is 0.693. The highest BCUT2D eigenvalue weighted by atomic mass is 32.2. The van der Waals surface area contributed by atoms with Crippen LogP contribution in [-0.4, -0.2) is 32.0 Å². The Labute approximate surface area is 87.2 Å². The number of sulfone groups is 1. The summed E-state index contributed by atoms with van der Waals surface area (Å²) in [6, 6.07) is 0. The summed E-state index contributed by atoms with van der Waals surface area (Å²) in [6.45, 7) is 9.13. The van der Waals surface area contributed by atoms with Crippen molar-refractivity contribution in [2.75, 3.05) is 18.1 Å². The third-order valence-electron chi connectivity index (χ3n) is 2.63. The largest absolute Gasteiger partial charge is 0.311 e. The summed E-state index contributed by atoms with van der Waals surface area (Å²) < 4.78 is 22.7. The first-order valence-electron chi connectivity index (χ1n) is 5.07. The van der Waals surface area contributed by atoms with Gasteiger partial charge < -0.3 is 5.32 Å². The summed E-state index contributed by atoms with van der Waals surface area (Å²) in [4.78, 5) is 0. The monoisotopic (exact) mass is 219 g/mol. The zero-order valence-electron chi connectivity index (χ0n) is 9.55. The summed E-state index contributed by atoms with van der Waals surface area (Å²) in [5.41, 5.74) is 0.00146. The molecule has 4 heteroatoms. The van der Waals surface area contributed by atoms with Gasteiger partial charge in [-0.1, -0.05) is 6.92 Å². The molecule has 0 saturated carbocycles. The van der Waals surface area contributed by atoms with E-state index in [2.05, 4.69) is 33.0 Å². The molecular weight excluding hydrogens is 198 g/mol. The zero-order chi connectivity index (χ0) is 11.0. The first-order chi connectivity index (χ1) is 6.12. The van der Waals surface area contributed by atoms with Crippen LogP contribution in [-0.2, 0) is 9.84 Å². The normalized spacial score (nSPS) is 32.0. The van der Waals surface area contributed by atoms with Crippen molar-refractivity contribution in [3.63, 3.8) is 0 Å². The van der Waals surface area contributed by atoms with Gasteiger partial charge in [-0.15, -0.1) is 0 Å². The lowest BCUT2D eigenvalue weighted by molar-refractivity contribution is 0.297. The maximum Gasteiger partial charge on any atom is 0.150 e. The van der Waals surface area contributed by atoms with Crippen LogP contribution >= 0.6 is 0 Å². The Kier molecular flexibility index (Phi) is 2.99. The molecule has 0 radical (unpaired) electrons. The van der Waals surface area contributed by atoms with E-state index in [1.165, 1.54) is 0 Å². The molecule has 84 valence electrons. The van der Waals surface area contributed by atoms with Crippen molar-refractivity contribution in [2.45, 2.75) is 39.7 Å².